The molecule has 0 saturated carbocycles. The highest BCUT2D eigenvalue weighted by atomic mass is 79.9. The number of methoxy groups -OCH3 is 1. The first kappa shape index (κ1) is 18.0. The van der Waals surface area contributed by atoms with Gasteiger partial charge in [0.2, 0.25) is 5.91 Å². The van der Waals surface area contributed by atoms with Gasteiger partial charge in [-0.1, -0.05) is 34.1 Å². The molecule has 1 amide bonds. The average molecular weight is 392 g/mol. The van der Waals surface area contributed by atoms with Gasteiger partial charge in [0.05, 0.1) is 25.7 Å². The van der Waals surface area contributed by atoms with Crippen LogP contribution in [0.2, 0.25) is 0 Å². The van der Waals surface area contributed by atoms with Gasteiger partial charge < -0.3 is 14.8 Å². The Morgan fingerprint density at radius 3 is 2.54 bits per heavy atom. The normalized spacial score (nSPS) is 10.1. The molecule has 0 aliphatic heterocycles. The number of hydrogen-bond acceptors (Lipinski definition) is 4. The van der Waals surface area contributed by atoms with E-state index < -0.39 is 0 Å². The Bertz CT molecular complexity index is 700. The van der Waals surface area contributed by atoms with Crippen LogP contribution in [0, 0.1) is 0 Å². The van der Waals surface area contributed by atoms with Gasteiger partial charge in [0.15, 0.2) is 0 Å². The summed E-state index contributed by atoms with van der Waals surface area (Å²) >= 11 is 3.36. The van der Waals surface area contributed by atoms with Crippen molar-refractivity contribution >= 4 is 27.8 Å². The van der Waals surface area contributed by atoms with E-state index in [9.17, 15) is 9.59 Å². The molecule has 0 aromatic heterocycles. The minimum Gasteiger partial charge on any atom is -0.493 e. The van der Waals surface area contributed by atoms with Crippen LogP contribution in [0.15, 0.2) is 53.0 Å². The molecule has 0 unspecified atom stereocenters. The van der Waals surface area contributed by atoms with Crippen LogP contribution in [0.1, 0.15) is 22.3 Å². The lowest BCUT2D eigenvalue weighted by Crippen LogP contribution is -2.24. The molecule has 0 atom stereocenters. The number of ether oxygens (including phenoxy) is 2. The number of nitrogens with one attached hydrogen (secondary N) is 1. The number of carbonyl (C=O) groups excluding carboxylic acids is 2. The van der Waals surface area contributed by atoms with Crippen molar-refractivity contribution in [3.8, 4) is 5.75 Å². The lowest BCUT2D eigenvalue weighted by molar-refractivity contribution is -0.121. The summed E-state index contributed by atoms with van der Waals surface area (Å²) in [5.41, 5.74) is 1.39. The topological polar surface area (TPSA) is 64.6 Å². The molecule has 0 saturated heterocycles. The highest BCUT2D eigenvalue weighted by Crippen LogP contribution is 2.17. The van der Waals surface area contributed by atoms with Crippen LogP contribution >= 0.6 is 15.9 Å². The molecule has 0 fully saturated rings. The maximum Gasteiger partial charge on any atom is 0.337 e. The van der Waals surface area contributed by atoms with Gasteiger partial charge in [0.25, 0.3) is 0 Å². The van der Waals surface area contributed by atoms with Crippen molar-refractivity contribution in [1.29, 1.82) is 0 Å². The summed E-state index contributed by atoms with van der Waals surface area (Å²) in [6.07, 6.45) is 0.271. The van der Waals surface area contributed by atoms with Crippen molar-refractivity contribution < 1.29 is 19.1 Å². The molecule has 126 valence electrons. The Morgan fingerprint density at radius 1 is 1.12 bits per heavy atom. The van der Waals surface area contributed by atoms with Gasteiger partial charge in [-0.2, -0.15) is 0 Å². The van der Waals surface area contributed by atoms with Gasteiger partial charge in [0.1, 0.15) is 5.75 Å². The second-order valence-corrected chi connectivity index (χ2v) is 5.94. The summed E-state index contributed by atoms with van der Waals surface area (Å²) in [4.78, 5) is 23.2. The number of esters is 1. The largest absolute Gasteiger partial charge is 0.493 e. The third-order valence-corrected chi connectivity index (χ3v) is 3.75. The molecule has 0 spiro atoms. The zero-order valence-electron chi connectivity index (χ0n) is 13.3. The fraction of sp³-hybridized carbons (Fsp3) is 0.222. The van der Waals surface area contributed by atoms with Crippen LogP contribution in [-0.2, 0) is 16.1 Å². The number of carbonyl (C=O) groups is 2. The molecule has 5 nitrogen and oxygen atoms in total. The highest BCUT2D eigenvalue weighted by molar-refractivity contribution is 9.10. The van der Waals surface area contributed by atoms with Gasteiger partial charge >= 0.3 is 5.97 Å². The highest BCUT2D eigenvalue weighted by Gasteiger charge is 2.06. The Balaban J connectivity index is 1.72. The van der Waals surface area contributed by atoms with Crippen LogP contribution in [-0.4, -0.2) is 25.6 Å². The maximum absolute atomic E-state index is 11.8. The van der Waals surface area contributed by atoms with E-state index in [1.165, 1.54) is 7.11 Å². The summed E-state index contributed by atoms with van der Waals surface area (Å²) in [6.45, 7) is 0.709. The maximum atomic E-state index is 11.8. The van der Waals surface area contributed by atoms with Crippen molar-refractivity contribution in [2.24, 2.45) is 0 Å². The van der Waals surface area contributed by atoms with Crippen molar-refractivity contribution in [3.05, 3.63) is 64.1 Å². The number of rotatable bonds is 7. The molecule has 24 heavy (non-hydrogen) atoms. The second-order valence-electron chi connectivity index (χ2n) is 5.02. The summed E-state index contributed by atoms with van der Waals surface area (Å²) in [6, 6.07) is 14.4. The lowest BCUT2D eigenvalue weighted by atomic mass is 10.1. The number of halogens is 1. The molecular formula is C18H18BrNO4. The zero-order chi connectivity index (χ0) is 17.4. The third kappa shape index (κ3) is 5.70. The van der Waals surface area contributed by atoms with Crippen LogP contribution in [0.25, 0.3) is 0 Å². The molecule has 0 bridgehead atoms. The van der Waals surface area contributed by atoms with E-state index in [0.717, 1.165) is 15.8 Å². The van der Waals surface area contributed by atoms with E-state index in [1.54, 1.807) is 24.3 Å². The fourth-order valence-electron chi connectivity index (χ4n) is 1.98. The number of benzene rings is 2. The molecular weight excluding hydrogens is 374 g/mol. The molecule has 6 heteroatoms. The van der Waals surface area contributed by atoms with Crippen LogP contribution < -0.4 is 10.1 Å². The Hall–Kier alpha value is -2.34. The molecule has 0 radical (unpaired) electrons. The van der Waals surface area contributed by atoms with Crippen molar-refractivity contribution in [1.82, 2.24) is 5.32 Å². The predicted octanol–water partition coefficient (Wildman–Crippen LogP) is 3.32. The van der Waals surface area contributed by atoms with Crippen molar-refractivity contribution in [2.45, 2.75) is 13.0 Å². The third-order valence-electron chi connectivity index (χ3n) is 3.26. The van der Waals surface area contributed by atoms with Gasteiger partial charge in [-0.15, -0.1) is 0 Å². The summed E-state index contributed by atoms with van der Waals surface area (Å²) < 4.78 is 11.1. The minimum absolute atomic E-state index is 0.0953. The second kappa shape index (κ2) is 9.08. The van der Waals surface area contributed by atoms with Crippen LogP contribution in [0.4, 0.5) is 0 Å². The molecule has 0 aliphatic rings. The SMILES string of the molecule is COC(=O)c1ccc(CNC(=O)CCOc2cccc(Br)c2)cc1. The lowest BCUT2D eigenvalue weighted by Gasteiger charge is -2.08. The quantitative estimate of drug-likeness (QED) is 0.735. The fourth-order valence-corrected chi connectivity index (χ4v) is 2.36. The summed E-state index contributed by atoms with van der Waals surface area (Å²) in [7, 11) is 1.34. The van der Waals surface area contributed by atoms with Gasteiger partial charge in [0, 0.05) is 11.0 Å². The monoisotopic (exact) mass is 391 g/mol. The minimum atomic E-state index is -0.379. The van der Waals surface area contributed by atoms with Crippen LogP contribution in [0.5, 0.6) is 5.75 Å². The van der Waals surface area contributed by atoms with E-state index in [1.807, 2.05) is 24.3 Å². The molecule has 2 rings (SSSR count). The van der Waals surface area contributed by atoms with E-state index in [-0.39, 0.29) is 18.3 Å². The first-order chi connectivity index (χ1) is 11.6. The molecule has 1 N–H and O–H groups in total. The average Bonchev–Trinajstić information content (AvgIpc) is 2.60. The molecule has 2 aromatic rings. The van der Waals surface area contributed by atoms with E-state index in [4.69, 9.17) is 4.74 Å². The van der Waals surface area contributed by atoms with E-state index in [2.05, 4.69) is 26.0 Å². The Labute approximate surface area is 149 Å². The van der Waals surface area contributed by atoms with Gasteiger partial charge in [-0.3, -0.25) is 4.79 Å². The summed E-state index contributed by atoms with van der Waals surface area (Å²) in [5.74, 6) is 0.243. The van der Waals surface area contributed by atoms with E-state index in [0.29, 0.717) is 18.7 Å². The standard InChI is InChI=1S/C18H18BrNO4/c1-23-18(22)14-7-5-13(6-8-14)12-20-17(21)9-10-24-16-4-2-3-15(19)11-16/h2-8,11H,9-10,12H2,1H3,(H,20,21). The first-order valence-electron chi connectivity index (χ1n) is 7.41. The molecule has 0 aliphatic carbocycles. The zero-order valence-corrected chi connectivity index (χ0v) is 14.8. The Kier molecular flexibility index (Phi) is 6.81. The first-order valence-corrected chi connectivity index (χ1v) is 8.20. The van der Waals surface area contributed by atoms with Crippen molar-refractivity contribution in [3.63, 3.8) is 0 Å². The molecule has 0 heterocycles. The van der Waals surface area contributed by atoms with E-state index >= 15 is 0 Å². The molecule has 2 aromatic carbocycles. The van der Waals surface area contributed by atoms with Crippen molar-refractivity contribution in [2.75, 3.05) is 13.7 Å². The van der Waals surface area contributed by atoms with Gasteiger partial charge in [-0.25, -0.2) is 4.79 Å². The van der Waals surface area contributed by atoms with Crippen LogP contribution in [0.3, 0.4) is 0 Å². The summed E-state index contributed by atoms with van der Waals surface area (Å²) in [5, 5.41) is 2.81. The van der Waals surface area contributed by atoms with Gasteiger partial charge in [-0.05, 0) is 35.9 Å². The smallest absolute Gasteiger partial charge is 0.337 e. The number of amides is 1. The predicted molar refractivity (Wildman–Crippen MR) is 93.9 cm³/mol. The number of hydrogen-bond donors (Lipinski definition) is 1. The Morgan fingerprint density at radius 2 is 1.88 bits per heavy atom.